The maximum Gasteiger partial charge on any atom is 0.254 e. The summed E-state index contributed by atoms with van der Waals surface area (Å²) in [5, 5.41) is 9.28. The Morgan fingerprint density at radius 3 is 2.20 bits per heavy atom. The summed E-state index contributed by atoms with van der Waals surface area (Å²) in [6.07, 6.45) is 5.54. The SMILES string of the molecule is C#C[C@H](NC(=O)CN(C)C(=O)[C@H](C)NC(=O)[C@@H](C)NC=O)C(=O)NC. The van der Waals surface area contributed by atoms with Crippen molar-refractivity contribution in [1.29, 1.82) is 0 Å². The summed E-state index contributed by atoms with van der Waals surface area (Å²) in [4.78, 5) is 58.6. The van der Waals surface area contributed by atoms with Gasteiger partial charge in [0.25, 0.3) is 5.91 Å². The molecule has 0 saturated carbocycles. The molecule has 0 aliphatic carbocycles. The predicted octanol–water partition coefficient (Wildman–Crippen LogP) is -3.05. The van der Waals surface area contributed by atoms with Gasteiger partial charge in [-0.05, 0) is 13.8 Å². The van der Waals surface area contributed by atoms with Crippen LogP contribution in [0.5, 0.6) is 0 Å². The zero-order chi connectivity index (χ0) is 19.6. The van der Waals surface area contributed by atoms with Crippen LogP contribution in [0.15, 0.2) is 0 Å². The van der Waals surface area contributed by atoms with Crippen molar-refractivity contribution >= 4 is 30.0 Å². The summed E-state index contributed by atoms with van der Waals surface area (Å²) >= 11 is 0. The second kappa shape index (κ2) is 10.6. The van der Waals surface area contributed by atoms with Crippen molar-refractivity contribution in [2.75, 3.05) is 20.6 Å². The zero-order valence-electron chi connectivity index (χ0n) is 14.6. The molecule has 3 atom stereocenters. The lowest BCUT2D eigenvalue weighted by atomic mass is 10.2. The quantitative estimate of drug-likeness (QED) is 0.258. The second-order valence-electron chi connectivity index (χ2n) is 5.21. The van der Waals surface area contributed by atoms with Gasteiger partial charge in [-0.25, -0.2) is 0 Å². The lowest BCUT2D eigenvalue weighted by molar-refractivity contribution is -0.138. The van der Waals surface area contributed by atoms with Gasteiger partial charge in [-0.3, -0.25) is 24.0 Å². The van der Waals surface area contributed by atoms with Gasteiger partial charge in [0.05, 0.1) is 6.54 Å². The molecule has 0 heterocycles. The van der Waals surface area contributed by atoms with Gasteiger partial charge in [-0.15, -0.1) is 6.42 Å². The lowest BCUT2D eigenvalue weighted by Crippen LogP contribution is -2.53. The van der Waals surface area contributed by atoms with E-state index in [9.17, 15) is 24.0 Å². The molecule has 25 heavy (non-hydrogen) atoms. The first-order valence-electron chi connectivity index (χ1n) is 7.40. The third-order valence-electron chi connectivity index (χ3n) is 3.18. The molecule has 0 aliphatic heterocycles. The van der Waals surface area contributed by atoms with Crippen molar-refractivity contribution < 1.29 is 24.0 Å². The molecule has 10 nitrogen and oxygen atoms in total. The minimum atomic E-state index is -1.15. The third kappa shape index (κ3) is 7.34. The van der Waals surface area contributed by atoms with E-state index in [0.29, 0.717) is 6.41 Å². The maximum atomic E-state index is 12.2. The third-order valence-corrected chi connectivity index (χ3v) is 3.18. The summed E-state index contributed by atoms with van der Waals surface area (Å²) in [6, 6.07) is -2.86. The number of hydrogen-bond acceptors (Lipinski definition) is 5. The highest BCUT2D eigenvalue weighted by molar-refractivity contribution is 5.94. The minimum Gasteiger partial charge on any atom is -0.357 e. The van der Waals surface area contributed by atoms with Crippen LogP contribution in [-0.4, -0.2) is 73.7 Å². The van der Waals surface area contributed by atoms with E-state index in [2.05, 4.69) is 27.2 Å². The van der Waals surface area contributed by atoms with E-state index in [1.165, 1.54) is 27.9 Å². The summed E-state index contributed by atoms with van der Waals surface area (Å²) < 4.78 is 0. The van der Waals surface area contributed by atoms with Crippen LogP contribution in [-0.2, 0) is 24.0 Å². The molecule has 0 radical (unpaired) electrons. The van der Waals surface area contributed by atoms with Crippen LogP contribution in [0.1, 0.15) is 13.8 Å². The number of terminal acetylenes is 1. The first-order valence-corrected chi connectivity index (χ1v) is 7.40. The van der Waals surface area contributed by atoms with Crippen molar-refractivity contribution in [2.24, 2.45) is 0 Å². The molecule has 0 aromatic heterocycles. The van der Waals surface area contributed by atoms with Crippen LogP contribution in [0.2, 0.25) is 0 Å². The first kappa shape index (κ1) is 21.9. The fraction of sp³-hybridized carbons (Fsp3) is 0.533. The molecule has 138 valence electrons. The molecule has 0 spiro atoms. The molecule has 0 aromatic rings. The Morgan fingerprint density at radius 1 is 1.12 bits per heavy atom. The van der Waals surface area contributed by atoms with Crippen molar-refractivity contribution in [3.63, 3.8) is 0 Å². The van der Waals surface area contributed by atoms with Gasteiger partial charge < -0.3 is 26.2 Å². The summed E-state index contributed by atoms with van der Waals surface area (Å²) in [5.41, 5.74) is 0. The Labute approximate surface area is 146 Å². The van der Waals surface area contributed by atoms with E-state index in [-0.39, 0.29) is 6.54 Å². The van der Waals surface area contributed by atoms with Gasteiger partial charge in [-0.1, -0.05) is 5.92 Å². The Hall–Kier alpha value is -3.09. The normalized spacial score (nSPS) is 13.2. The van der Waals surface area contributed by atoms with Crippen LogP contribution in [0, 0.1) is 12.3 Å². The molecule has 0 aliphatic rings. The second-order valence-corrected chi connectivity index (χ2v) is 5.21. The van der Waals surface area contributed by atoms with Crippen LogP contribution in [0.4, 0.5) is 0 Å². The molecule has 0 rings (SSSR count). The molecule has 0 saturated heterocycles. The van der Waals surface area contributed by atoms with Gasteiger partial charge in [0.1, 0.15) is 12.1 Å². The summed E-state index contributed by atoms with van der Waals surface area (Å²) in [5.74, 6) is -0.134. The van der Waals surface area contributed by atoms with E-state index in [0.717, 1.165) is 4.90 Å². The zero-order valence-corrected chi connectivity index (χ0v) is 14.6. The monoisotopic (exact) mass is 353 g/mol. The molecule has 0 fully saturated rings. The van der Waals surface area contributed by atoms with Crippen LogP contribution in [0.25, 0.3) is 0 Å². The predicted molar refractivity (Wildman–Crippen MR) is 88.7 cm³/mol. The number of carbonyl (C=O) groups is 5. The number of nitrogens with one attached hydrogen (secondary N) is 4. The van der Waals surface area contributed by atoms with E-state index in [4.69, 9.17) is 6.42 Å². The molecule has 4 N–H and O–H groups in total. The number of carbonyl (C=O) groups excluding carboxylic acids is 5. The summed E-state index contributed by atoms with van der Waals surface area (Å²) in [6.45, 7) is 2.55. The lowest BCUT2D eigenvalue weighted by Gasteiger charge is -2.23. The van der Waals surface area contributed by atoms with Crippen LogP contribution in [0.3, 0.4) is 0 Å². The number of hydrogen-bond donors (Lipinski definition) is 4. The largest absolute Gasteiger partial charge is 0.357 e. The van der Waals surface area contributed by atoms with Gasteiger partial charge in [0.2, 0.25) is 24.1 Å². The van der Waals surface area contributed by atoms with Crippen molar-refractivity contribution in [3.8, 4) is 12.3 Å². The Morgan fingerprint density at radius 2 is 1.72 bits per heavy atom. The Bertz CT molecular complexity index is 571. The van der Waals surface area contributed by atoms with Gasteiger partial charge in [0, 0.05) is 14.1 Å². The first-order chi connectivity index (χ1) is 11.7. The van der Waals surface area contributed by atoms with Crippen LogP contribution >= 0.6 is 0 Å². The maximum absolute atomic E-state index is 12.2. The molecular formula is C15H23N5O5. The highest BCUT2D eigenvalue weighted by atomic mass is 16.2. The molecule has 0 bridgehead atoms. The fourth-order valence-electron chi connectivity index (χ4n) is 1.74. The van der Waals surface area contributed by atoms with E-state index >= 15 is 0 Å². The molecule has 10 heteroatoms. The molecule has 0 unspecified atom stereocenters. The number of rotatable bonds is 9. The van der Waals surface area contributed by atoms with Gasteiger partial charge in [-0.2, -0.15) is 0 Å². The van der Waals surface area contributed by atoms with Gasteiger partial charge in [0.15, 0.2) is 6.04 Å². The fourth-order valence-corrected chi connectivity index (χ4v) is 1.74. The van der Waals surface area contributed by atoms with E-state index in [1.807, 2.05) is 0 Å². The van der Waals surface area contributed by atoms with Crippen LogP contribution < -0.4 is 21.3 Å². The highest BCUT2D eigenvalue weighted by Crippen LogP contribution is 1.94. The number of amides is 5. The smallest absolute Gasteiger partial charge is 0.254 e. The van der Waals surface area contributed by atoms with Gasteiger partial charge >= 0.3 is 0 Å². The summed E-state index contributed by atoms with van der Waals surface area (Å²) in [7, 11) is 2.74. The van der Waals surface area contributed by atoms with E-state index < -0.39 is 41.8 Å². The molecular weight excluding hydrogens is 330 g/mol. The van der Waals surface area contributed by atoms with Crippen molar-refractivity contribution in [1.82, 2.24) is 26.2 Å². The average Bonchev–Trinajstić information content (AvgIpc) is 2.57. The topological polar surface area (TPSA) is 137 Å². The minimum absolute atomic E-state index is 0.351. The average molecular weight is 353 g/mol. The Balaban J connectivity index is 4.61. The van der Waals surface area contributed by atoms with Crippen molar-refractivity contribution in [2.45, 2.75) is 32.0 Å². The molecule has 5 amide bonds. The molecule has 0 aromatic carbocycles. The number of nitrogens with zero attached hydrogens (tertiary/aromatic N) is 1. The highest BCUT2D eigenvalue weighted by Gasteiger charge is 2.24. The van der Waals surface area contributed by atoms with Crippen molar-refractivity contribution in [3.05, 3.63) is 0 Å². The number of likely N-dealkylation sites (N-methyl/N-ethyl adjacent to an activating group) is 2. The standard InChI is InChI=1S/C15H23N5O5/c1-6-11(14(24)16-4)19-12(22)7-20(5)15(25)10(3)18-13(23)9(2)17-8-21/h1,8-11H,7H2,2-5H3,(H,16,24)(H,17,21)(H,18,23)(H,19,22)/t9-,10+,11+/m1/s1. The van der Waals surface area contributed by atoms with E-state index in [1.54, 1.807) is 0 Å². The Kier molecular flexibility index (Phi) is 9.33.